The summed E-state index contributed by atoms with van der Waals surface area (Å²) < 4.78 is 5.22. The molecule has 0 aromatic heterocycles. The number of primary amides is 1. The Hall–Kier alpha value is -3.60. The molecule has 0 saturated carbocycles. The quantitative estimate of drug-likeness (QED) is 0.636. The van der Waals surface area contributed by atoms with E-state index >= 15 is 0 Å². The van der Waals surface area contributed by atoms with Gasteiger partial charge >= 0.3 is 0 Å². The molecule has 5 nitrogen and oxygen atoms in total. The van der Waals surface area contributed by atoms with Crippen LogP contribution in [-0.2, 0) is 11.2 Å². The third kappa shape index (κ3) is 4.52. The van der Waals surface area contributed by atoms with Crippen molar-refractivity contribution in [3.8, 4) is 16.9 Å². The van der Waals surface area contributed by atoms with Crippen molar-refractivity contribution in [1.29, 1.82) is 0 Å². The molecule has 5 heteroatoms. The van der Waals surface area contributed by atoms with Gasteiger partial charge in [0.2, 0.25) is 5.91 Å². The summed E-state index contributed by atoms with van der Waals surface area (Å²) in [6.45, 7) is 0.982. The minimum Gasteiger partial charge on any atom is -0.497 e. The monoisotopic (exact) mass is 428 g/mol. The third-order valence-electron chi connectivity index (χ3n) is 6.33. The molecule has 0 unspecified atom stereocenters. The molecule has 1 atom stereocenters. The first kappa shape index (κ1) is 21.6. The second-order valence-corrected chi connectivity index (χ2v) is 8.44. The van der Waals surface area contributed by atoms with Crippen LogP contribution in [0.4, 0.5) is 0 Å². The molecular weight excluding hydrogens is 400 g/mol. The first-order chi connectivity index (χ1) is 15.5. The Bertz CT molecular complexity index is 1080. The number of nitrogens with two attached hydrogens (primary N) is 1. The van der Waals surface area contributed by atoms with Crippen molar-refractivity contribution in [1.82, 2.24) is 4.90 Å². The maximum Gasteiger partial charge on any atom is 0.253 e. The van der Waals surface area contributed by atoms with Crippen LogP contribution in [0.15, 0.2) is 78.9 Å². The number of piperidine rings is 1. The largest absolute Gasteiger partial charge is 0.497 e. The number of amides is 2. The number of carbonyl (C=O) groups is 2. The standard InChI is InChI=1S/C27H28N2O3/c1-32-24-14-12-22(13-15-24)21-10-8-20(9-11-21)18-27(26(28)31)16-5-17-29(19-27)25(30)23-6-3-2-4-7-23/h2-4,6-15H,5,16-19H2,1H3,(H2,28,31)/t27-/m0/s1. The molecule has 32 heavy (non-hydrogen) atoms. The number of benzene rings is 3. The summed E-state index contributed by atoms with van der Waals surface area (Å²) in [5, 5.41) is 0. The van der Waals surface area contributed by atoms with Crippen LogP contribution in [0, 0.1) is 5.41 Å². The van der Waals surface area contributed by atoms with E-state index in [1.165, 1.54) is 0 Å². The number of ether oxygens (including phenoxy) is 1. The molecule has 3 aromatic rings. The Morgan fingerprint density at radius 1 is 0.938 bits per heavy atom. The summed E-state index contributed by atoms with van der Waals surface area (Å²) in [7, 11) is 1.65. The maximum absolute atomic E-state index is 13.0. The van der Waals surface area contributed by atoms with E-state index in [4.69, 9.17) is 10.5 Å². The molecule has 4 rings (SSSR count). The van der Waals surface area contributed by atoms with Crippen LogP contribution in [0.3, 0.4) is 0 Å². The highest BCUT2D eigenvalue weighted by Gasteiger charge is 2.42. The first-order valence-electron chi connectivity index (χ1n) is 10.9. The molecule has 0 spiro atoms. The van der Waals surface area contributed by atoms with Crippen molar-refractivity contribution in [2.24, 2.45) is 11.1 Å². The number of hydrogen-bond acceptors (Lipinski definition) is 3. The Balaban J connectivity index is 1.52. The summed E-state index contributed by atoms with van der Waals surface area (Å²) >= 11 is 0. The summed E-state index contributed by atoms with van der Waals surface area (Å²) in [5.74, 6) is 0.425. The molecule has 0 radical (unpaired) electrons. The topological polar surface area (TPSA) is 72.6 Å². The number of likely N-dealkylation sites (tertiary alicyclic amines) is 1. The van der Waals surface area contributed by atoms with Crippen LogP contribution in [0.2, 0.25) is 0 Å². The lowest BCUT2D eigenvalue weighted by Gasteiger charge is -2.41. The van der Waals surface area contributed by atoms with Crippen molar-refractivity contribution in [3.05, 3.63) is 90.0 Å². The predicted octanol–water partition coefficient (Wildman–Crippen LogP) is 4.31. The van der Waals surface area contributed by atoms with E-state index in [9.17, 15) is 9.59 Å². The predicted molar refractivity (Wildman–Crippen MR) is 125 cm³/mol. The summed E-state index contributed by atoms with van der Waals surface area (Å²) in [6.07, 6.45) is 1.95. The van der Waals surface area contributed by atoms with Gasteiger partial charge in [-0.15, -0.1) is 0 Å². The highest BCUT2D eigenvalue weighted by molar-refractivity contribution is 5.95. The molecule has 1 heterocycles. The van der Waals surface area contributed by atoms with Gasteiger partial charge in [0.1, 0.15) is 5.75 Å². The second-order valence-electron chi connectivity index (χ2n) is 8.44. The molecule has 2 amide bonds. The van der Waals surface area contributed by atoms with Gasteiger partial charge in [0.25, 0.3) is 5.91 Å². The molecule has 1 aliphatic rings. The Morgan fingerprint density at radius 2 is 1.56 bits per heavy atom. The molecule has 1 aliphatic heterocycles. The van der Waals surface area contributed by atoms with E-state index in [-0.39, 0.29) is 11.8 Å². The molecule has 3 aromatic carbocycles. The van der Waals surface area contributed by atoms with Gasteiger partial charge in [0, 0.05) is 18.7 Å². The van der Waals surface area contributed by atoms with Gasteiger partial charge in [-0.05, 0) is 60.2 Å². The van der Waals surface area contributed by atoms with Crippen LogP contribution in [0.1, 0.15) is 28.8 Å². The fourth-order valence-corrected chi connectivity index (χ4v) is 4.49. The zero-order chi connectivity index (χ0) is 22.6. The smallest absolute Gasteiger partial charge is 0.253 e. The van der Waals surface area contributed by atoms with Crippen LogP contribution in [0.25, 0.3) is 11.1 Å². The summed E-state index contributed by atoms with van der Waals surface area (Å²) in [4.78, 5) is 27.4. The average molecular weight is 429 g/mol. The molecule has 1 fully saturated rings. The van der Waals surface area contributed by atoms with Crippen LogP contribution < -0.4 is 10.5 Å². The van der Waals surface area contributed by atoms with Crippen molar-refractivity contribution in [3.63, 3.8) is 0 Å². The highest BCUT2D eigenvalue weighted by atomic mass is 16.5. The summed E-state index contributed by atoms with van der Waals surface area (Å²) in [5.41, 5.74) is 9.01. The number of rotatable bonds is 6. The maximum atomic E-state index is 13.0. The van der Waals surface area contributed by atoms with Crippen molar-refractivity contribution in [2.45, 2.75) is 19.3 Å². The minimum atomic E-state index is -0.760. The summed E-state index contributed by atoms with van der Waals surface area (Å²) in [6, 6.07) is 25.3. The van der Waals surface area contributed by atoms with Gasteiger partial charge in [0.05, 0.1) is 12.5 Å². The van der Waals surface area contributed by atoms with Gasteiger partial charge in [0.15, 0.2) is 0 Å². The van der Waals surface area contributed by atoms with E-state index in [0.717, 1.165) is 28.9 Å². The Morgan fingerprint density at radius 3 is 2.16 bits per heavy atom. The second kappa shape index (κ2) is 9.27. The van der Waals surface area contributed by atoms with E-state index in [1.54, 1.807) is 24.1 Å². The molecule has 0 aliphatic carbocycles. The lowest BCUT2D eigenvalue weighted by Crippen LogP contribution is -2.53. The van der Waals surface area contributed by atoms with Gasteiger partial charge in [-0.1, -0.05) is 54.6 Å². The Labute approximate surface area is 188 Å². The van der Waals surface area contributed by atoms with Gasteiger partial charge in [-0.2, -0.15) is 0 Å². The molecular formula is C27H28N2O3. The van der Waals surface area contributed by atoms with Crippen LogP contribution in [0.5, 0.6) is 5.75 Å². The first-order valence-corrected chi connectivity index (χ1v) is 10.9. The fourth-order valence-electron chi connectivity index (χ4n) is 4.49. The Kier molecular flexibility index (Phi) is 6.26. The van der Waals surface area contributed by atoms with Gasteiger partial charge < -0.3 is 15.4 Å². The van der Waals surface area contributed by atoms with E-state index in [1.807, 2.05) is 54.6 Å². The molecule has 1 saturated heterocycles. The molecule has 0 bridgehead atoms. The number of nitrogens with zero attached hydrogens (tertiary/aromatic N) is 1. The lowest BCUT2D eigenvalue weighted by atomic mass is 9.74. The molecule has 2 N–H and O–H groups in total. The normalized spacial score (nSPS) is 18.2. The van der Waals surface area contributed by atoms with Crippen LogP contribution in [-0.4, -0.2) is 36.9 Å². The third-order valence-corrected chi connectivity index (χ3v) is 6.33. The SMILES string of the molecule is COc1ccc(-c2ccc(C[C@@]3(C(N)=O)CCCN(C(=O)c4ccccc4)C3)cc2)cc1. The number of methoxy groups -OCH3 is 1. The highest BCUT2D eigenvalue weighted by Crippen LogP contribution is 2.35. The van der Waals surface area contributed by atoms with Gasteiger partial charge in [-0.3, -0.25) is 9.59 Å². The van der Waals surface area contributed by atoms with E-state index < -0.39 is 5.41 Å². The lowest BCUT2D eigenvalue weighted by molar-refractivity contribution is -0.130. The fraction of sp³-hybridized carbons (Fsp3) is 0.259. The van der Waals surface area contributed by atoms with E-state index in [2.05, 4.69) is 12.1 Å². The van der Waals surface area contributed by atoms with Crippen molar-refractivity contribution >= 4 is 11.8 Å². The van der Waals surface area contributed by atoms with Gasteiger partial charge in [-0.25, -0.2) is 0 Å². The van der Waals surface area contributed by atoms with Crippen LogP contribution >= 0.6 is 0 Å². The molecule has 164 valence electrons. The van der Waals surface area contributed by atoms with Crippen molar-refractivity contribution < 1.29 is 14.3 Å². The average Bonchev–Trinajstić information content (AvgIpc) is 2.85. The number of carbonyl (C=O) groups excluding carboxylic acids is 2. The zero-order valence-electron chi connectivity index (χ0n) is 18.3. The van der Waals surface area contributed by atoms with E-state index in [0.29, 0.717) is 31.5 Å². The van der Waals surface area contributed by atoms with Crippen molar-refractivity contribution in [2.75, 3.05) is 20.2 Å². The number of hydrogen-bond donors (Lipinski definition) is 1. The zero-order valence-corrected chi connectivity index (χ0v) is 18.3. The minimum absolute atomic E-state index is 0.0502.